The van der Waals surface area contributed by atoms with E-state index in [-0.39, 0.29) is 17.7 Å². The molecular formula is C35H41F2N3O5. The molecule has 45 heavy (non-hydrogen) atoms. The van der Waals surface area contributed by atoms with E-state index in [0.29, 0.717) is 56.3 Å². The Bertz CT molecular complexity index is 1460. The summed E-state index contributed by atoms with van der Waals surface area (Å²) in [5.41, 5.74) is 1.97. The third-order valence-electron chi connectivity index (χ3n) is 8.29. The van der Waals surface area contributed by atoms with Crippen LogP contribution in [0.2, 0.25) is 0 Å². The fourth-order valence-corrected chi connectivity index (χ4v) is 5.72. The summed E-state index contributed by atoms with van der Waals surface area (Å²) in [4.78, 5) is 26.8. The summed E-state index contributed by atoms with van der Waals surface area (Å²) in [5.74, 6) is 0.314. The van der Waals surface area contributed by atoms with Crippen molar-refractivity contribution >= 4 is 17.7 Å². The number of esters is 1. The first-order valence-electron chi connectivity index (χ1n) is 15.4. The highest BCUT2D eigenvalue weighted by atomic mass is 19.1. The number of hydrogen-bond acceptors (Lipinski definition) is 6. The SMILES string of the molecule is CCOC(=O)[C@H](Cc1ccc(OCCN[C@H]2[C@@H]3CN(C(=O)Nc4cc(F)ccc4F)C[C@@H]32)cc1)Oc1ccc(C(C)(C)C)cc1. The number of benzene rings is 3. The average Bonchev–Trinajstić information content (AvgIpc) is 3.44. The number of ether oxygens (including phenoxy) is 3. The summed E-state index contributed by atoms with van der Waals surface area (Å²) in [5, 5.41) is 5.95. The summed E-state index contributed by atoms with van der Waals surface area (Å²) in [6.07, 6.45) is -0.415. The van der Waals surface area contributed by atoms with Crippen molar-refractivity contribution in [1.29, 1.82) is 0 Å². The number of fused-ring (bicyclic) bond motifs is 1. The number of urea groups is 1. The molecule has 8 nitrogen and oxygen atoms in total. The second kappa shape index (κ2) is 13.9. The Morgan fingerprint density at radius 3 is 2.27 bits per heavy atom. The maximum absolute atomic E-state index is 13.9. The highest BCUT2D eigenvalue weighted by Gasteiger charge is 2.56. The summed E-state index contributed by atoms with van der Waals surface area (Å²) in [7, 11) is 0. The number of amides is 2. The molecule has 1 aliphatic heterocycles. The summed E-state index contributed by atoms with van der Waals surface area (Å²) < 4.78 is 44.5. The Morgan fingerprint density at radius 2 is 1.62 bits per heavy atom. The van der Waals surface area contributed by atoms with Gasteiger partial charge in [0.1, 0.15) is 29.7 Å². The fraction of sp³-hybridized carbons (Fsp3) is 0.429. The number of carbonyl (C=O) groups excluding carboxylic acids is 2. The van der Waals surface area contributed by atoms with Gasteiger partial charge < -0.3 is 29.7 Å². The van der Waals surface area contributed by atoms with E-state index in [0.717, 1.165) is 29.5 Å². The molecule has 2 aliphatic rings. The number of nitrogens with zero attached hydrogens (tertiary/aromatic N) is 1. The fourth-order valence-electron chi connectivity index (χ4n) is 5.72. The van der Waals surface area contributed by atoms with E-state index in [2.05, 4.69) is 31.4 Å². The number of carbonyl (C=O) groups is 2. The van der Waals surface area contributed by atoms with E-state index in [1.54, 1.807) is 11.8 Å². The third kappa shape index (κ3) is 8.30. The van der Waals surface area contributed by atoms with Crippen molar-refractivity contribution in [2.45, 2.75) is 51.7 Å². The zero-order chi connectivity index (χ0) is 32.1. The van der Waals surface area contributed by atoms with Gasteiger partial charge in [-0.1, -0.05) is 45.0 Å². The molecule has 0 spiro atoms. The molecule has 3 aromatic carbocycles. The van der Waals surface area contributed by atoms with Crippen molar-refractivity contribution in [3.05, 3.63) is 89.5 Å². The van der Waals surface area contributed by atoms with Crippen molar-refractivity contribution in [3.63, 3.8) is 0 Å². The largest absolute Gasteiger partial charge is 0.492 e. The van der Waals surface area contributed by atoms with Crippen LogP contribution in [0.4, 0.5) is 19.3 Å². The van der Waals surface area contributed by atoms with E-state index in [4.69, 9.17) is 14.2 Å². The molecule has 5 rings (SSSR count). The molecule has 1 aliphatic carbocycles. The van der Waals surface area contributed by atoms with Crippen molar-refractivity contribution in [1.82, 2.24) is 10.2 Å². The minimum absolute atomic E-state index is 0.0221. The molecule has 2 N–H and O–H groups in total. The highest BCUT2D eigenvalue weighted by molar-refractivity contribution is 5.89. The van der Waals surface area contributed by atoms with Crippen LogP contribution in [-0.4, -0.2) is 61.9 Å². The van der Waals surface area contributed by atoms with Gasteiger partial charge in [-0.25, -0.2) is 18.4 Å². The maximum atomic E-state index is 13.9. The van der Waals surface area contributed by atoms with E-state index in [1.807, 2.05) is 48.5 Å². The lowest BCUT2D eigenvalue weighted by atomic mass is 9.87. The van der Waals surface area contributed by atoms with Gasteiger partial charge in [0.2, 0.25) is 0 Å². The Labute approximate surface area is 263 Å². The summed E-state index contributed by atoms with van der Waals surface area (Å²) in [6.45, 7) is 10.7. The first-order valence-corrected chi connectivity index (χ1v) is 15.4. The van der Waals surface area contributed by atoms with Crippen LogP contribution in [0.25, 0.3) is 0 Å². The first kappa shape index (κ1) is 32.2. The molecule has 10 heteroatoms. The minimum atomic E-state index is -0.774. The Morgan fingerprint density at radius 1 is 0.956 bits per heavy atom. The van der Waals surface area contributed by atoms with Crippen LogP contribution in [-0.2, 0) is 21.4 Å². The van der Waals surface area contributed by atoms with Crippen LogP contribution in [0, 0.1) is 23.5 Å². The molecule has 1 saturated heterocycles. The third-order valence-corrected chi connectivity index (χ3v) is 8.29. The predicted molar refractivity (Wildman–Crippen MR) is 168 cm³/mol. The van der Waals surface area contributed by atoms with E-state index >= 15 is 0 Å². The van der Waals surface area contributed by atoms with Gasteiger partial charge in [-0.15, -0.1) is 0 Å². The number of rotatable bonds is 12. The highest BCUT2D eigenvalue weighted by Crippen LogP contribution is 2.45. The van der Waals surface area contributed by atoms with E-state index in [9.17, 15) is 18.4 Å². The maximum Gasteiger partial charge on any atom is 0.347 e. The molecule has 1 heterocycles. The zero-order valence-corrected chi connectivity index (χ0v) is 26.1. The molecule has 240 valence electrons. The molecule has 0 bridgehead atoms. The van der Waals surface area contributed by atoms with Crippen LogP contribution in [0.15, 0.2) is 66.7 Å². The van der Waals surface area contributed by atoms with Crippen molar-refractivity contribution < 1.29 is 32.6 Å². The van der Waals surface area contributed by atoms with Crippen LogP contribution >= 0.6 is 0 Å². The van der Waals surface area contributed by atoms with Gasteiger partial charge in [-0.05, 0) is 71.7 Å². The van der Waals surface area contributed by atoms with Crippen LogP contribution in [0.5, 0.6) is 11.5 Å². The number of likely N-dealkylation sites (tertiary alicyclic amines) is 1. The number of halogens is 2. The number of anilines is 1. The van der Waals surface area contributed by atoms with Gasteiger partial charge in [0.25, 0.3) is 0 Å². The zero-order valence-electron chi connectivity index (χ0n) is 26.1. The Balaban J connectivity index is 1.03. The van der Waals surface area contributed by atoms with Gasteiger partial charge in [0, 0.05) is 38.2 Å². The molecular weight excluding hydrogens is 580 g/mol. The Kier molecular flexibility index (Phi) is 9.92. The molecule has 0 radical (unpaired) electrons. The molecule has 2 fully saturated rings. The van der Waals surface area contributed by atoms with E-state index < -0.39 is 29.7 Å². The second-order valence-electron chi connectivity index (χ2n) is 12.6. The quantitative estimate of drug-likeness (QED) is 0.192. The topological polar surface area (TPSA) is 89.1 Å². The summed E-state index contributed by atoms with van der Waals surface area (Å²) in [6, 6.07) is 18.2. The molecule has 2 amide bonds. The molecule has 0 unspecified atom stereocenters. The van der Waals surface area contributed by atoms with Crippen LogP contribution < -0.4 is 20.1 Å². The molecule has 0 aromatic heterocycles. The number of nitrogens with one attached hydrogen (secondary N) is 2. The second-order valence-corrected chi connectivity index (χ2v) is 12.6. The minimum Gasteiger partial charge on any atom is -0.492 e. The first-order chi connectivity index (χ1) is 21.5. The van der Waals surface area contributed by atoms with Gasteiger partial charge >= 0.3 is 12.0 Å². The monoisotopic (exact) mass is 621 g/mol. The summed E-state index contributed by atoms with van der Waals surface area (Å²) >= 11 is 0. The average molecular weight is 622 g/mol. The Hall–Kier alpha value is -4.18. The van der Waals surface area contributed by atoms with Crippen molar-refractivity contribution in [3.8, 4) is 11.5 Å². The molecule has 3 aromatic rings. The number of piperidine rings is 1. The smallest absolute Gasteiger partial charge is 0.347 e. The lowest BCUT2D eigenvalue weighted by molar-refractivity contribution is -0.151. The van der Waals surface area contributed by atoms with Crippen molar-refractivity contribution in [2.24, 2.45) is 11.8 Å². The number of hydrogen-bond donors (Lipinski definition) is 2. The molecule has 4 atom stereocenters. The lowest BCUT2D eigenvalue weighted by Crippen LogP contribution is -2.39. The predicted octanol–water partition coefficient (Wildman–Crippen LogP) is 5.95. The normalized spacial score (nSPS) is 19.4. The van der Waals surface area contributed by atoms with Gasteiger partial charge in [-0.3, -0.25) is 0 Å². The van der Waals surface area contributed by atoms with Gasteiger partial charge in [0.15, 0.2) is 6.10 Å². The van der Waals surface area contributed by atoms with E-state index in [1.165, 1.54) is 5.56 Å². The van der Waals surface area contributed by atoms with Crippen LogP contribution in [0.3, 0.4) is 0 Å². The standard InChI is InChI=1S/C35H41F2N3O5/c1-5-43-33(41)31(45-26-13-8-23(9-14-26)35(2,3)4)18-22-6-11-25(12-7-22)44-17-16-38-32-27-20-40(21-28(27)32)34(42)39-30-19-24(36)10-15-29(30)37/h6-15,19,27-28,31-32,38H,5,16-18,20-21H2,1-4H3,(H,39,42)/t27-,28+,31-,32+/m0/s1. The van der Waals surface area contributed by atoms with Crippen molar-refractivity contribution in [2.75, 3.05) is 38.2 Å². The van der Waals surface area contributed by atoms with Gasteiger partial charge in [-0.2, -0.15) is 0 Å². The van der Waals surface area contributed by atoms with Gasteiger partial charge in [0.05, 0.1) is 12.3 Å². The lowest BCUT2D eigenvalue weighted by Gasteiger charge is -2.21. The van der Waals surface area contributed by atoms with Crippen LogP contribution in [0.1, 0.15) is 38.8 Å². The molecule has 1 saturated carbocycles.